The molecule has 3 rings (SSSR count). The van der Waals surface area contributed by atoms with Crippen molar-refractivity contribution in [3.63, 3.8) is 0 Å². The van der Waals surface area contributed by atoms with Crippen LogP contribution in [0.5, 0.6) is 0 Å². The number of halogens is 1. The van der Waals surface area contributed by atoms with Crippen molar-refractivity contribution >= 4 is 15.9 Å². The third-order valence-electron chi connectivity index (χ3n) is 3.43. The fourth-order valence-corrected chi connectivity index (χ4v) is 2.26. The van der Waals surface area contributed by atoms with Gasteiger partial charge in [0.25, 0.3) is 0 Å². The lowest BCUT2D eigenvalue weighted by atomic mass is 10.1. The summed E-state index contributed by atoms with van der Waals surface area (Å²) in [6.07, 6.45) is 3.73. The first kappa shape index (κ1) is 11.8. The standard InChI is InChI=1S/C14H13BrN2O/c15-11-3-1-10(2-4-11)12-5-8-16-13(17-12)14(9-18)6-7-14/h1-5,8,18H,6-7,9H2. The minimum atomic E-state index is -0.175. The van der Waals surface area contributed by atoms with Crippen molar-refractivity contribution in [2.75, 3.05) is 6.61 Å². The summed E-state index contributed by atoms with van der Waals surface area (Å²) in [5.74, 6) is 0.769. The van der Waals surface area contributed by atoms with Crippen LogP contribution in [0.2, 0.25) is 0 Å². The van der Waals surface area contributed by atoms with E-state index >= 15 is 0 Å². The molecule has 1 aliphatic rings. The van der Waals surface area contributed by atoms with Crippen molar-refractivity contribution in [2.24, 2.45) is 0 Å². The molecule has 3 nitrogen and oxygen atoms in total. The lowest BCUT2D eigenvalue weighted by molar-refractivity contribution is 0.250. The minimum Gasteiger partial charge on any atom is -0.395 e. The Morgan fingerprint density at radius 1 is 1.17 bits per heavy atom. The highest BCUT2D eigenvalue weighted by molar-refractivity contribution is 9.10. The number of benzene rings is 1. The van der Waals surface area contributed by atoms with Gasteiger partial charge < -0.3 is 5.11 Å². The third-order valence-corrected chi connectivity index (χ3v) is 3.95. The van der Waals surface area contributed by atoms with Gasteiger partial charge in [0.2, 0.25) is 0 Å². The van der Waals surface area contributed by atoms with Crippen LogP contribution in [0.4, 0.5) is 0 Å². The molecule has 1 saturated carbocycles. The van der Waals surface area contributed by atoms with Gasteiger partial charge in [0, 0.05) is 16.2 Å². The minimum absolute atomic E-state index is 0.136. The van der Waals surface area contributed by atoms with Crippen LogP contribution in [-0.4, -0.2) is 21.7 Å². The predicted molar refractivity (Wildman–Crippen MR) is 73.2 cm³/mol. The molecule has 0 saturated heterocycles. The molecule has 1 aromatic heterocycles. The second-order valence-corrected chi connectivity index (χ2v) is 5.63. The summed E-state index contributed by atoms with van der Waals surface area (Å²) in [6, 6.07) is 9.94. The van der Waals surface area contributed by atoms with Gasteiger partial charge in [-0.05, 0) is 31.0 Å². The number of aromatic nitrogens is 2. The second-order valence-electron chi connectivity index (χ2n) is 4.71. The number of hydrogen-bond acceptors (Lipinski definition) is 3. The van der Waals surface area contributed by atoms with E-state index in [1.807, 2.05) is 30.3 Å². The summed E-state index contributed by atoms with van der Waals surface area (Å²) >= 11 is 3.42. The van der Waals surface area contributed by atoms with Crippen LogP contribution in [0.1, 0.15) is 18.7 Å². The molecule has 0 radical (unpaired) electrons. The molecule has 1 heterocycles. The van der Waals surface area contributed by atoms with E-state index < -0.39 is 0 Å². The van der Waals surface area contributed by atoms with E-state index in [9.17, 15) is 5.11 Å². The SMILES string of the molecule is OCC1(c2nccc(-c3ccc(Br)cc3)n2)CC1. The first-order valence-corrected chi connectivity index (χ1v) is 6.73. The number of aliphatic hydroxyl groups is 1. The topological polar surface area (TPSA) is 46.0 Å². The van der Waals surface area contributed by atoms with Crippen LogP contribution in [0.3, 0.4) is 0 Å². The fourth-order valence-electron chi connectivity index (χ4n) is 2.00. The summed E-state index contributed by atoms with van der Waals surface area (Å²) in [5, 5.41) is 9.42. The molecule has 92 valence electrons. The summed E-state index contributed by atoms with van der Waals surface area (Å²) in [6.45, 7) is 0.136. The molecule has 0 spiro atoms. The number of rotatable bonds is 3. The van der Waals surface area contributed by atoms with E-state index in [1.165, 1.54) is 0 Å². The number of hydrogen-bond donors (Lipinski definition) is 1. The van der Waals surface area contributed by atoms with E-state index in [0.717, 1.165) is 34.4 Å². The maximum Gasteiger partial charge on any atom is 0.137 e. The molecule has 18 heavy (non-hydrogen) atoms. The Hall–Kier alpha value is -1.26. The Labute approximate surface area is 114 Å². The van der Waals surface area contributed by atoms with E-state index in [0.29, 0.717) is 0 Å². The molecule has 2 aromatic rings. The van der Waals surface area contributed by atoms with Gasteiger partial charge in [-0.25, -0.2) is 9.97 Å². The van der Waals surface area contributed by atoms with E-state index in [4.69, 9.17) is 0 Å². The smallest absolute Gasteiger partial charge is 0.137 e. The van der Waals surface area contributed by atoms with Crippen molar-refractivity contribution < 1.29 is 5.11 Å². The molecule has 0 atom stereocenters. The Morgan fingerprint density at radius 2 is 1.89 bits per heavy atom. The lowest BCUT2D eigenvalue weighted by Crippen LogP contribution is -2.16. The molecule has 1 N–H and O–H groups in total. The zero-order chi connectivity index (χ0) is 12.6. The molecule has 4 heteroatoms. The predicted octanol–water partition coefficient (Wildman–Crippen LogP) is 2.93. The fraction of sp³-hybridized carbons (Fsp3) is 0.286. The van der Waals surface area contributed by atoms with Crippen LogP contribution in [-0.2, 0) is 5.41 Å². The molecule has 0 amide bonds. The summed E-state index contributed by atoms with van der Waals surface area (Å²) in [7, 11) is 0. The van der Waals surface area contributed by atoms with Gasteiger partial charge in [-0.1, -0.05) is 28.1 Å². The van der Waals surface area contributed by atoms with Gasteiger partial charge >= 0.3 is 0 Å². The zero-order valence-corrected chi connectivity index (χ0v) is 11.4. The average Bonchev–Trinajstić information content (AvgIpc) is 3.21. The van der Waals surface area contributed by atoms with Crippen LogP contribution in [0.25, 0.3) is 11.3 Å². The Kier molecular flexibility index (Phi) is 2.92. The Balaban J connectivity index is 1.98. The molecule has 0 bridgehead atoms. The third kappa shape index (κ3) is 2.06. The van der Waals surface area contributed by atoms with Gasteiger partial charge in [-0.15, -0.1) is 0 Å². The van der Waals surface area contributed by atoms with Crippen molar-refractivity contribution in [2.45, 2.75) is 18.3 Å². The summed E-state index contributed by atoms with van der Waals surface area (Å²) in [4.78, 5) is 8.90. The molecule has 1 fully saturated rings. The summed E-state index contributed by atoms with van der Waals surface area (Å²) < 4.78 is 1.05. The molecular formula is C14H13BrN2O. The Morgan fingerprint density at radius 3 is 2.50 bits per heavy atom. The normalized spacial score (nSPS) is 16.6. The second kappa shape index (κ2) is 4.44. The Bertz CT molecular complexity index is 564. The molecule has 1 aliphatic carbocycles. The van der Waals surface area contributed by atoms with Crippen LogP contribution >= 0.6 is 15.9 Å². The van der Waals surface area contributed by atoms with Crippen molar-refractivity contribution in [1.29, 1.82) is 0 Å². The van der Waals surface area contributed by atoms with Crippen LogP contribution < -0.4 is 0 Å². The van der Waals surface area contributed by atoms with Crippen molar-refractivity contribution in [3.8, 4) is 11.3 Å². The van der Waals surface area contributed by atoms with Gasteiger partial charge in [-0.2, -0.15) is 0 Å². The first-order chi connectivity index (χ1) is 8.73. The monoisotopic (exact) mass is 304 g/mol. The van der Waals surface area contributed by atoms with Gasteiger partial charge in [-0.3, -0.25) is 0 Å². The van der Waals surface area contributed by atoms with Crippen molar-refractivity contribution in [1.82, 2.24) is 9.97 Å². The molecule has 1 aromatic carbocycles. The highest BCUT2D eigenvalue weighted by atomic mass is 79.9. The molecule has 0 unspecified atom stereocenters. The quantitative estimate of drug-likeness (QED) is 0.948. The lowest BCUT2D eigenvalue weighted by Gasteiger charge is -2.11. The number of aliphatic hydroxyl groups excluding tert-OH is 1. The van der Waals surface area contributed by atoms with Crippen LogP contribution in [0.15, 0.2) is 41.0 Å². The number of nitrogens with zero attached hydrogens (tertiary/aromatic N) is 2. The highest BCUT2D eigenvalue weighted by Gasteiger charge is 2.46. The molecular weight excluding hydrogens is 292 g/mol. The van der Waals surface area contributed by atoms with E-state index in [1.54, 1.807) is 6.20 Å². The van der Waals surface area contributed by atoms with Crippen LogP contribution in [0, 0.1) is 0 Å². The zero-order valence-electron chi connectivity index (χ0n) is 9.81. The maximum atomic E-state index is 9.42. The summed E-state index contributed by atoms with van der Waals surface area (Å²) in [5.41, 5.74) is 1.80. The van der Waals surface area contributed by atoms with Crippen molar-refractivity contribution in [3.05, 3.63) is 46.8 Å². The molecule has 0 aliphatic heterocycles. The highest BCUT2D eigenvalue weighted by Crippen LogP contribution is 2.46. The average molecular weight is 305 g/mol. The van der Waals surface area contributed by atoms with E-state index in [2.05, 4.69) is 25.9 Å². The maximum absolute atomic E-state index is 9.42. The van der Waals surface area contributed by atoms with E-state index in [-0.39, 0.29) is 12.0 Å². The van der Waals surface area contributed by atoms with Gasteiger partial charge in [0.15, 0.2) is 0 Å². The largest absolute Gasteiger partial charge is 0.395 e. The van der Waals surface area contributed by atoms with Gasteiger partial charge in [0.05, 0.1) is 17.7 Å². The van der Waals surface area contributed by atoms with Gasteiger partial charge in [0.1, 0.15) is 5.82 Å². The first-order valence-electron chi connectivity index (χ1n) is 5.94.